The average Bonchev–Trinajstić information content (AvgIpc) is 3.18. The summed E-state index contributed by atoms with van der Waals surface area (Å²) in [7, 11) is 0. The van der Waals surface area contributed by atoms with Crippen molar-refractivity contribution in [3.63, 3.8) is 0 Å². The second kappa shape index (κ2) is 8.72. The largest absolute Gasteiger partial charge is 0.337 e. The van der Waals surface area contributed by atoms with Gasteiger partial charge in [-0.05, 0) is 69.5 Å². The molecule has 0 saturated carbocycles. The van der Waals surface area contributed by atoms with Crippen LogP contribution in [0.15, 0.2) is 30.3 Å². The van der Waals surface area contributed by atoms with E-state index in [1.165, 1.54) is 11.3 Å². The summed E-state index contributed by atoms with van der Waals surface area (Å²) < 4.78 is 0. The first-order valence-corrected chi connectivity index (χ1v) is 10.6. The normalized spacial score (nSPS) is 14.2. The molecule has 0 spiro atoms. The Labute approximate surface area is 180 Å². The van der Waals surface area contributed by atoms with Gasteiger partial charge in [0, 0.05) is 24.3 Å². The number of nitrogens with one attached hydrogen (secondary N) is 2. The maximum Gasteiger partial charge on any atom is 0.262 e. The number of rotatable bonds is 5. The summed E-state index contributed by atoms with van der Waals surface area (Å²) in [5.41, 5.74) is 1.25. The lowest BCUT2D eigenvalue weighted by Crippen LogP contribution is -2.52. The van der Waals surface area contributed by atoms with Gasteiger partial charge in [-0.2, -0.15) is 0 Å². The van der Waals surface area contributed by atoms with E-state index in [2.05, 4.69) is 16.6 Å². The number of terminal acetylenes is 1. The molecule has 0 bridgehead atoms. The highest BCUT2D eigenvalue weighted by Crippen LogP contribution is 2.27. The van der Waals surface area contributed by atoms with Crippen LogP contribution in [0.5, 0.6) is 0 Å². The molecule has 3 rings (SSSR count). The lowest BCUT2D eigenvalue weighted by molar-refractivity contribution is -0.121. The smallest absolute Gasteiger partial charge is 0.262 e. The fourth-order valence-electron chi connectivity index (χ4n) is 3.32. The van der Waals surface area contributed by atoms with Crippen molar-refractivity contribution in [3.05, 3.63) is 45.6 Å². The van der Waals surface area contributed by atoms with E-state index in [1.54, 1.807) is 36.9 Å². The van der Waals surface area contributed by atoms with Gasteiger partial charge in [0.25, 0.3) is 5.91 Å². The number of benzene rings is 1. The highest BCUT2D eigenvalue weighted by molar-refractivity contribution is 7.14. The first kappa shape index (κ1) is 21.6. The van der Waals surface area contributed by atoms with Gasteiger partial charge < -0.3 is 15.5 Å². The molecule has 0 unspecified atom stereocenters. The van der Waals surface area contributed by atoms with Crippen LogP contribution in [0.1, 0.15) is 53.2 Å². The summed E-state index contributed by atoms with van der Waals surface area (Å²) in [6.45, 7) is 5.92. The van der Waals surface area contributed by atoms with Gasteiger partial charge in [0.1, 0.15) is 5.54 Å². The van der Waals surface area contributed by atoms with Crippen LogP contribution in [0.3, 0.4) is 0 Å². The third-order valence-corrected chi connectivity index (χ3v) is 6.05. The van der Waals surface area contributed by atoms with Crippen molar-refractivity contribution in [1.29, 1.82) is 0 Å². The number of anilines is 2. The summed E-state index contributed by atoms with van der Waals surface area (Å²) in [4.78, 5) is 40.4. The molecule has 1 aliphatic heterocycles. The zero-order valence-corrected chi connectivity index (χ0v) is 18.2. The molecule has 0 radical (unpaired) electrons. The van der Waals surface area contributed by atoms with Crippen LogP contribution in [0.2, 0.25) is 0 Å². The second-order valence-electron chi connectivity index (χ2n) is 7.85. The molecule has 1 fully saturated rings. The van der Waals surface area contributed by atoms with Crippen molar-refractivity contribution in [1.82, 2.24) is 5.32 Å². The van der Waals surface area contributed by atoms with E-state index in [0.717, 1.165) is 24.1 Å². The van der Waals surface area contributed by atoms with Crippen LogP contribution in [-0.2, 0) is 9.59 Å². The number of piperidine rings is 1. The molecular weight excluding hydrogens is 398 g/mol. The Morgan fingerprint density at radius 1 is 1.20 bits per heavy atom. The zero-order chi connectivity index (χ0) is 21.9. The Morgan fingerprint density at radius 2 is 1.97 bits per heavy atom. The number of thiophene rings is 1. The van der Waals surface area contributed by atoms with Crippen molar-refractivity contribution in [2.75, 3.05) is 16.8 Å². The molecule has 0 atom stereocenters. The third-order valence-electron chi connectivity index (χ3n) is 5.03. The minimum Gasteiger partial charge on any atom is -0.337 e. The molecule has 30 heavy (non-hydrogen) atoms. The SMILES string of the molecule is C#Cc1ccc(C(=O)NC(C)(C)C(=O)Nc2ccc(N3CCCCC3=O)c(C)c2)s1. The highest BCUT2D eigenvalue weighted by Gasteiger charge is 2.30. The van der Waals surface area contributed by atoms with Crippen LogP contribution in [-0.4, -0.2) is 29.8 Å². The average molecular weight is 424 g/mol. The van der Waals surface area contributed by atoms with Crippen LogP contribution >= 0.6 is 11.3 Å². The number of hydrogen-bond acceptors (Lipinski definition) is 4. The molecule has 7 heteroatoms. The van der Waals surface area contributed by atoms with E-state index in [-0.39, 0.29) is 17.7 Å². The maximum atomic E-state index is 12.8. The number of aryl methyl sites for hydroxylation is 1. The van der Waals surface area contributed by atoms with Crippen molar-refractivity contribution < 1.29 is 14.4 Å². The van der Waals surface area contributed by atoms with Gasteiger partial charge in [-0.3, -0.25) is 14.4 Å². The van der Waals surface area contributed by atoms with E-state index < -0.39 is 5.54 Å². The lowest BCUT2D eigenvalue weighted by Gasteiger charge is -2.29. The van der Waals surface area contributed by atoms with Gasteiger partial charge in [-0.25, -0.2) is 0 Å². The molecular formula is C23H25N3O3S. The van der Waals surface area contributed by atoms with Crippen molar-refractivity contribution >= 4 is 40.4 Å². The summed E-state index contributed by atoms with van der Waals surface area (Å²) in [5.74, 6) is 1.93. The second-order valence-corrected chi connectivity index (χ2v) is 8.93. The molecule has 2 heterocycles. The van der Waals surface area contributed by atoms with Gasteiger partial charge >= 0.3 is 0 Å². The van der Waals surface area contributed by atoms with Crippen LogP contribution in [0.4, 0.5) is 11.4 Å². The highest BCUT2D eigenvalue weighted by atomic mass is 32.1. The van der Waals surface area contributed by atoms with Gasteiger partial charge in [0.15, 0.2) is 0 Å². The molecule has 6 nitrogen and oxygen atoms in total. The lowest BCUT2D eigenvalue weighted by atomic mass is 10.0. The van der Waals surface area contributed by atoms with E-state index in [4.69, 9.17) is 6.42 Å². The quantitative estimate of drug-likeness (QED) is 0.720. The Hall–Kier alpha value is -3.11. The van der Waals surface area contributed by atoms with E-state index >= 15 is 0 Å². The van der Waals surface area contributed by atoms with E-state index in [9.17, 15) is 14.4 Å². The number of carbonyl (C=O) groups excluding carboxylic acids is 3. The summed E-state index contributed by atoms with van der Waals surface area (Å²) >= 11 is 1.20. The Bertz CT molecular complexity index is 1030. The molecule has 1 aromatic carbocycles. The number of nitrogens with zero attached hydrogens (tertiary/aromatic N) is 1. The summed E-state index contributed by atoms with van der Waals surface area (Å²) in [6.07, 6.45) is 7.83. The Kier molecular flexibility index (Phi) is 6.28. The van der Waals surface area contributed by atoms with Gasteiger partial charge in [-0.15, -0.1) is 17.8 Å². The minimum absolute atomic E-state index is 0.131. The monoisotopic (exact) mass is 423 g/mol. The van der Waals surface area contributed by atoms with Gasteiger partial charge in [0.05, 0.1) is 9.75 Å². The molecule has 1 saturated heterocycles. The number of amides is 3. The Balaban J connectivity index is 1.68. The molecule has 156 valence electrons. The standard InChI is InChI=1S/C23H25N3O3S/c1-5-17-10-12-19(30-17)21(28)25-23(3,4)22(29)24-16-9-11-18(15(2)14-16)26-13-7-6-8-20(26)27/h1,9-12,14H,6-8,13H2,2-4H3,(H,24,29)(H,25,28). The van der Waals surface area contributed by atoms with Gasteiger partial charge in [0.2, 0.25) is 11.8 Å². The molecule has 1 aliphatic rings. The van der Waals surface area contributed by atoms with Crippen molar-refractivity contribution in [2.24, 2.45) is 0 Å². The summed E-state index contributed by atoms with van der Waals surface area (Å²) in [5, 5.41) is 5.60. The minimum atomic E-state index is -1.13. The van der Waals surface area contributed by atoms with Crippen molar-refractivity contribution in [3.8, 4) is 12.3 Å². The van der Waals surface area contributed by atoms with E-state index in [0.29, 0.717) is 28.4 Å². The first-order valence-electron chi connectivity index (χ1n) is 9.83. The molecule has 3 amide bonds. The van der Waals surface area contributed by atoms with Crippen LogP contribution in [0.25, 0.3) is 0 Å². The van der Waals surface area contributed by atoms with E-state index in [1.807, 2.05) is 19.1 Å². The fraction of sp³-hybridized carbons (Fsp3) is 0.348. The predicted molar refractivity (Wildman–Crippen MR) is 120 cm³/mol. The Morgan fingerprint density at radius 3 is 2.60 bits per heavy atom. The zero-order valence-electron chi connectivity index (χ0n) is 17.4. The number of carbonyl (C=O) groups is 3. The third kappa shape index (κ3) is 4.71. The maximum absolute atomic E-state index is 12.8. The topological polar surface area (TPSA) is 78.5 Å². The molecule has 2 N–H and O–H groups in total. The van der Waals surface area contributed by atoms with Gasteiger partial charge in [-0.1, -0.05) is 5.92 Å². The summed E-state index contributed by atoms with van der Waals surface area (Å²) in [6, 6.07) is 8.81. The van der Waals surface area contributed by atoms with Crippen LogP contribution < -0.4 is 15.5 Å². The molecule has 2 aromatic rings. The predicted octanol–water partition coefficient (Wildman–Crippen LogP) is 3.70. The molecule has 0 aliphatic carbocycles. The van der Waals surface area contributed by atoms with Crippen molar-refractivity contribution in [2.45, 2.75) is 45.6 Å². The first-order chi connectivity index (χ1) is 14.2. The van der Waals surface area contributed by atoms with Crippen LogP contribution in [0, 0.1) is 19.3 Å². The molecule has 1 aromatic heterocycles. The fourth-order valence-corrected chi connectivity index (χ4v) is 4.04. The number of hydrogen-bond donors (Lipinski definition) is 2.